The largest absolute Gasteiger partial charge is 0.477 e. The lowest BCUT2D eigenvalue weighted by Crippen LogP contribution is -2.12. The van der Waals surface area contributed by atoms with Gasteiger partial charge in [0.15, 0.2) is 5.69 Å². The van der Waals surface area contributed by atoms with Crippen molar-refractivity contribution < 1.29 is 14.3 Å². The topological polar surface area (TPSA) is 61.3 Å². The molecule has 0 aliphatic carbocycles. The summed E-state index contributed by atoms with van der Waals surface area (Å²) < 4.78 is 10.4. The van der Waals surface area contributed by atoms with Gasteiger partial charge in [-0.3, -0.25) is 0 Å². The molecule has 1 aliphatic rings. The lowest BCUT2D eigenvalue weighted by molar-refractivity contribution is 0.0517. The lowest BCUT2D eigenvalue weighted by Gasteiger charge is -2.07. The van der Waals surface area contributed by atoms with Gasteiger partial charge in [0.2, 0.25) is 5.88 Å². The van der Waals surface area contributed by atoms with E-state index >= 15 is 0 Å². The minimum Gasteiger partial charge on any atom is -0.477 e. The zero-order valence-electron chi connectivity index (χ0n) is 10.2. The highest BCUT2D eigenvalue weighted by Crippen LogP contribution is 2.26. The van der Waals surface area contributed by atoms with Gasteiger partial charge >= 0.3 is 5.97 Å². The Morgan fingerprint density at radius 1 is 1.41 bits per heavy atom. The Morgan fingerprint density at radius 3 is 2.94 bits per heavy atom. The van der Waals surface area contributed by atoms with Gasteiger partial charge in [-0.25, -0.2) is 9.78 Å². The predicted molar refractivity (Wildman–Crippen MR) is 61.2 cm³/mol. The van der Waals surface area contributed by atoms with Crippen molar-refractivity contribution >= 4 is 5.97 Å². The van der Waals surface area contributed by atoms with E-state index < -0.39 is 0 Å². The molecule has 0 radical (unpaired) electrons. The van der Waals surface area contributed by atoms with E-state index in [9.17, 15) is 4.79 Å². The van der Waals surface area contributed by atoms with Crippen LogP contribution < -0.4 is 4.74 Å². The Bertz CT molecular complexity index is 432. The highest BCUT2D eigenvalue weighted by molar-refractivity contribution is 5.89. The summed E-state index contributed by atoms with van der Waals surface area (Å²) in [5.74, 6) is 0.816. The summed E-state index contributed by atoms with van der Waals surface area (Å²) in [4.78, 5) is 20.4. The van der Waals surface area contributed by atoms with Gasteiger partial charge in [0.25, 0.3) is 0 Å². The monoisotopic (exact) mass is 236 g/mol. The molecule has 5 heteroatoms. The first kappa shape index (κ1) is 11.8. The molecular weight excluding hydrogens is 220 g/mol. The van der Waals surface area contributed by atoms with Gasteiger partial charge < -0.3 is 9.47 Å². The second kappa shape index (κ2) is 5.12. The number of aromatic nitrogens is 2. The Kier molecular flexibility index (Phi) is 3.56. The van der Waals surface area contributed by atoms with E-state index in [1.807, 2.05) is 6.92 Å². The number of esters is 1. The van der Waals surface area contributed by atoms with Gasteiger partial charge in [-0.1, -0.05) is 6.92 Å². The third-order valence-corrected chi connectivity index (χ3v) is 2.55. The number of ether oxygens (including phenoxy) is 2. The molecule has 0 spiro atoms. The zero-order chi connectivity index (χ0) is 12.3. The number of rotatable bonds is 4. The average Bonchev–Trinajstić information content (AvgIpc) is 2.76. The second-order valence-corrected chi connectivity index (χ2v) is 3.84. The number of aryl methyl sites for hydroxylation is 1. The molecule has 1 aromatic rings. The summed E-state index contributed by atoms with van der Waals surface area (Å²) in [5.41, 5.74) is 1.15. The fourth-order valence-electron chi connectivity index (χ4n) is 1.81. The number of hydrogen-bond donors (Lipinski definition) is 0. The summed E-state index contributed by atoms with van der Waals surface area (Å²) in [6.45, 7) is 4.73. The Hall–Kier alpha value is -1.65. The molecule has 92 valence electrons. The molecule has 2 heterocycles. The van der Waals surface area contributed by atoms with E-state index in [1.165, 1.54) is 0 Å². The van der Waals surface area contributed by atoms with Crippen molar-refractivity contribution in [1.82, 2.24) is 9.97 Å². The van der Waals surface area contributed by atoms with E-state index in [0.717, 1.165) is 18.4 Å². The zero-order valence-corrected chi connectivity index (χ0v) is 10.2. The number of hydrogen-bond acceptors (Lipinski definition) is 5. The smallest absolute Gasteiger partial charge is 0.357 e. The van der Waals surface area contributed by atoms with Crippen LogP contribution in [0.15, 0.2) is 0 Å². The van der Waals surface area contributed by atoms with Gasteiger partial charge in [-0.05, 0) is 13.3 Å². The Balaban J connectivity index is 2.38. The van der Waals surface area contributed by atoms with Gasteiger partial charge in [0, 0.05) is 12.8 Å². The second-order valence-electron chi connectivity index (χ2n) is 3.84. The average molecular weight is 236 g/mol. The van der Waals surface area contributed by atoms with Gasteiger partial charge in [0.1, 0.15) is 5.82 Å². The fourth-order valence-corrected chi connectivity index (χ4v) is 1.81. The van der Waals surface area contributed by atoms with Crippen molar-refractivity contribution in [1.29, 1.82) is 0 Å². The lowest BCUT2D eigenvalue weighted by atomic mass is 10.1. The van der Waals surface area contributed by atoms with Crippen LogP contribution in [0.3, 0.4) is 0 Å². The van der Waals surface area contributed by atoms with Crippen LogP contribution in [0.25, 0.3) is 0 Å². The molecular formula is C12H16N2O3. The van der Waals surface area contributed by atoms with Crippen LogP contribution >= 0.6 is 0 Å². The number of nitrogens with zero attached hydrogens (tertiary/aromatic N) is 2. The molecule has 0 unspecified atom stereocenters. The molecule has 0 bridgehead atoms. The maximum Gasteiger partial charge on any atom is 0.357 e. The molecule has 1 aliphatic heterocycles. The first-order chi connectivity index (χ1) is 8.26. The summed E-state index contributed by atoms with van der Waals surface area (Å²) in [6.07, 6.45) is 2.35. The van der Waals surface area contributed by atoms with E-state index in [-0.39, 0.29) is 5.97 Å². The molecule has 0 saturated carbocycles. The van der Waals surface area contributed by atoms with Crippen molar-refractivity contribution in [2.45, 2.75) is 33.1 Å². The molecule has 5 nitrogen and oxygen atoms in total. The van der Waals surface area contributed by atoms with E-state index in [2.05, 4.69) is 9.97 Å². The molecule has 0 amide bonds. The molecule has 0 N–H and O–H groups in total. The molecule has 2 rings (SSSR count). The van der Waals surface area contributed by atoms with Crippen LogP contribution in [-0.4, -0.2) is 29.2 Å². The number of carbonyl (C=O) groups excluding carboxylic acids is 1. The van der Waals surface area contributed by atoms with Crippen molar-refractivity contribution in [3.05, 3.63) is 17.1 Å². The molecule has 0 saturated heterocycles. The SMILES string of the molecule is CCCc1nc2c(c(C(=O)OCC)n1)CCO2. The van der Waals surface area contributed by atoms with Crippen molar-refractivity contribution in [3.8, 4) is 5.88 Å². The maximum absolute atomic E-state index is 11.8. The quantitative estimate of drug-likeness (QED) is 0.742. The van der Waals surface area contributed by atoms with Gasteiger partial charge in [-0.15, -0.1) is 0 Å². The van der Waals surface area contributed by atoms with Gasteiger partial charge in [0.05, 0.1) is 18.8 Å². The van der Waals surface area contributed by atoms with Crippen molar-refractivity contribution in [2.75, 3.05) is 13.2 Å². The van der Waals surface area contributed by atoms with Gasteiger partial charge in [-0.2, -0.15) is 4.98 Å². The van der Waals surface area contributed by atoms with E-state index in [0.29, 0.717) is 37.0 Å². The minimum atomic E-state index is -0.381. The molecule has 0 aromatic carbocycles. The first-order valence-electron chi connectivity index (χ1n) is 5.96. The van der Waals surface area contributed by atoms with Crippen molar-refractivity contribution in [3.63, 3.8) is 0 Å². The number of fused-ring (bicyclic) bond motifs is 1. The highest BCUT2D eigenvalue weighted by atomic mass is 16.5. The van der Waals surface area contributed by atoms with Crippen molar-refractivity contribution in [2.24, 2.45) is 0 Å². The third kappa shape index (κ3) is 2.38. The Labute approximate surface area is 100 Å². The summed E-state index contributed by atoms with van der Waals surface area (Å²) in [5, 5.41) is 0. The predicted octanol–water partition coefficient (Wildman–Crippen LogP) is 1.54. The summed E-state index contributed by atoms with van der Waals surface area (Å²) >= 11 is 0. The standard InChI is InChI=1S/C12H16N2O3/c1-3-5-9-13-10(12(15)16-4-2)8-6-7-17-11(8)14-9/h3-7H2,1-2H3. The third-order valence-electron chi connectivity index (χ3n) is 2.55. The summed E-state index contributed by atoms with van der Waals surface area (Å²) in [7, 11) is 0. The van der Waals surface area contributed by atoms with Crippen LogP contribution in [0.2, 0.25) is 0 Å². The van der Waals surface area contributed by atoms with Crippen LogP contribution in [-0.2, 0) is 17.6 Å². The maximum atomic E-state index is 11.8. The molecule has 0 atom stereocenters. The van der Waals surface area contributed by atoms with E-state index in [4.69, 9.17) is 9.47 Å². The first-order valence-corrected chi connectivity index (χ1v) is 5.96. The van der Waals surface area contributed by atoms with Crippen LogP contribution in [0.4, 0.5) is 0 Å². The molecule has 1 aromatic heterocycles. The number of carbonyl (C=O) groups is 1. The minimum absolute atomic E-state index is 0.349. The fraction of sp³-hybridized carbons (Fsp3) is 0.583. The summed E-state index contributed by atoms with van der Waals surface area (Å²) in [6, 6.07) is 0. The highest BCUT2D eigenvalue weighted by Gasteiger charge is 2.25. The van der Waals surface area contributed by atoms with E-state index in [1.54, 1.807) is 6.92 Å². The van der Waals surface area contributed by atoms with Crippen LogP contribution in [0, 0.1) is 0 Å². The Morgan fingerprint density at radius 2 is 2.24 bits per heavy atom. The normalized spacial score (nSPS) is 13.1. The molecule has 17 heavy (non-hydrogen) atoms. The molecule has 0 fully saturated rings. The van der Waals surface area contributed by atoms with Crippen LogP contribution in [0.5, 0.6) is 5.88 Å². The van der Waals surface area contributed by atoms with Crippen LogP contribution in [0.1, 0.15) is 42.1 Å².